The van der Waals surface area contributed by atoms with Gasteiger partial charge in [0.1, 0.15) is 11.4 Å². The molecule has 1 fully saturated rings. The van der Waals surface area contributed by atoms with Crippen molar-refractivity contribution in [2.75, 3.05) is 11.5 Å². The Kier molecular flexibility index (Phi) is 2.68. The maximum atomic E-state index is 14.3. The van der Waals surface area contributed by atoms with Crippen molar-refractivity contribution >= 4 is 11.8 Å². The first-order chi connectivity index (χ1) is 6.71. The summed E-state index contributed by atoms with van der Waals surface area (Å²) >= 11 is 1.66. The Morgan fingerprint density at radius 2 is 2.00 bits per heavy atom. The Bertz CT molecular complexity index is 304. The molecule has 0 spiro atoms. The maximum Gasteiger partial charge on any atom is 0.145 e. The minimum atomic E-state index is -1.18. The first kappa shape index (κ1) is 9.84. The lowest BCUT2D eigenvalue weighted by molar-refractivity contribution is 0.178. The molecule has 0 radical (unpaired) electrons. The third kappa shape index (κ3) is 1.87. The highest BCUT2D eigenvalue weighted by atomic mass is 32.2. The van der Waals surface area contributed by atoms with Crippen molar-refractivity contribution in [3.63, 3.8) is 0 Å². The van der Waals surface area contributed by atoms with Crippen molar-refractivity contribution < 1.29 is 9.50 Å². The number of alkyl halides is 1. The Hall–Kier alpha value is -0.700. The average Bonchev–Trinajstić information content (AvgIpc) is 2.19. The first-order valence-corrected chi connectivity index (χ1v) is 5.92. The van der Waals surface area contributed by atoms with Crippen LogP contribution in [0.15, 0.2) is 24.3 Å². The number of thioether (sulfide) groups is 1. The summed E-state index contributed by atoms with van der Waals surface area (Å²) in [5.74, 6) is 1.79. The van der Waals surface area contributed by atoms with Crippen LogP contribution in [0.5, 0.6) is 5.75 Å². The SMILES string of the molecule is Oc1ccc(C2(F)CCCSC2)cc1. The molecule has 1 aliphatic rings. The Morgan fingerprint density at radius 3 is 2.57 bits per heavy atom. The summed E-state index contributed by atoms with van der Waals surface area (Å²) in [4.78, 5) is 0. The van der Waals surface area contributed by atoms with E-state index in [-0.39, 0.29) is 5.75 Å². The summed E-state index contributed by atoms with van der Waals surface area (Å²) in [5, 5.41) is 9.11. The fourth-order valence-corrected chi connectivity index (χ4v) is 2.88. The molecule has 0 bridgehead atoms. The van der Waals surface area contributed by atoms with Crippen molar-refractivity contribution in [2.24, 2.45) is 0 Å². The molecular weight excluding hydrogens is 199 g/mol. The van der Waals surface area contributed by atoms with Gasteiger partial charge in [0.05, 0.1) is 0 Å². The highest BCUT2D eigenvalue weighted by Crippen LogP contribution is 2.39. The summed E-state index contributed by atoms with van der Waals surface area (Å²) in [6.07, 6.45) is 1.53. The predicted molar refractivity (Wildman–Crippen MR) is 57.5 cm³/mol. The lowest BCUT2D eigenvalue weighted by atomic mass is 9.92. The molecule has 3 heteroatoms. The minimum absolute atomic E-state index is 0.195. The summed E-state index contributed by atoms with van der Waals surface area (Å²) < 4.78 is 14.3. The quantitative estimate of drug-likeness (QED) is 0.772. The zero-order valence-corrected chi connectivity index (χ0v) is 8.69. The van der Waals surface area contributed by atoms with E-state index in [1.165, 1.54) is 0 Å². The molecule has 1 N–H and O–H groups in total. The molecule has 0 amide bonds. The van der Waals surface area contributed by atoms with Crippen LogP contribution in [0.2, 0.25) is 0 Å². The molecule has 1 aromatic rings. The lowest BCUT2D eigenvalue weighted by Crippen LogP contribution is -2.26. The van der Waals surface area contributed by atoms with Crippen LogP contribution in [0.1, 0.15) is 18.4 Å². The molecule has 76 valence electrons. The second kappa shape index (κ2) is 3.81. The zero-order chi connectivity index (χ0) is 10.0. The highest BCUT2D eigenvalue weighted by molar-refractivity contribution is 7.99. The van der Waals surface area contributed by atoms with Gasteiger partial charge in [-0.15, -0.1) is 0 Å². The van der Waals surface area contributed by atoms with E-state index < -0.39 is 5.67 Å². The van der Waals surface area contributed by atoms with E-state index in [1.807, 2.05) is 0 Å². The Morgan fingerprint density at radius 1 is 1.29 bits per heavy atom. The van der Waals surface area contributed by atoms with Gasteiger partial charge in [0.25, 0.3) is 0 Å². The molecule has 1 nitrogen and oxygen atoms in total. The molecule has 14 heavy (non-hydrogen) atoms. The van der Waals surface area contributed by atoms with E-state index in [4.69, 9.17) is 5.11 Å². The smallest absolute Gasteiger partial charge is 0.145 e. The minimum Gasteiger partial charge on any atom is -0.508 e. The van der Waals surface area contributed by atoms with Gasteiger partial charge in [0.15, 0.2) is 0 Å². The standard InChI is InChI=1S/C11H13FOS/c12-11(6-1-7-14-8-11)9-2-4-10(13)5-3-9/h2-5,13H,1,6-8H2. The third-order valence-corrected chi connectivity index (χ3v) is 3.82. The molecular formula is C11H13FOS. The average molecular weight is 212 g/mol. The van der Waals surface area contributed by atoms with Crippen LogP contribution in [0.4, 0.5) is 4.39 Å². The van der Waals surface area contributed by atoms with Gasteiger partial charge in [-0.25, -0.2) is 4.39 Å². The number of phenolic OH excluding ortho intramolecular Hbond substituents is 1. The molecule has 1 unspecified atom stereocenters. The lowest BCUT2D eigenvalue weighted by Gasteiger charge is -2.29. The molecule has 0 saturated carbocycles. The van der Waals surface area contributed by atoms with E-state index in [0.29, 0.717) is 17.7 Å². The van der Waals surface area contributed by atoms with Gasteiger partial charge in [0, 0.05) is 5.75 Å². The molecule has 1 heterocycles. The van der Waals surface area contributed by atoms with Crippen LogP contribution in [-0.4, -0.2) is 16.6 Å². The third-order valence-electron chi connectivity index (χ3n) is 2.58. The predicted octanol–water partition coefficient (Wildman–Crippen LogP) is 3.08. The van der Waals surface area contributed by atoms with Crippen molar-refractivity contribution in [3.05, 3.63) is 29.8 Å². The van der Waals surface area contributed by atoms with Crippen molar-refractivity contribution in [3.8, 4) is 5.75 Å². The van der Waals surface area contributed by atoms with Crippen molar-refractivity contribution in [1.29, 1.82) is 0 Å². The summed E-state index contributed by atoms with van der Waals surface area (Å²) in [7, 11) is 0. The van der Waals surface area contributed by atoms with Gasteiger partial charge >= 0.3 is 0 Å². The van der Waals surface area contributed by atoms with Crippen LogP contribution < -0.4 is 0 Å². The second-order valence-electron chi connectivity index (χ2n) is 3.67. The van der Waals surface area contributed by atoms with Crippen LogP contribution in [0.3, 0.4) is 0 Å². The van der Waals surface area contributed by atoms with Gasteiger partial charge in [-0.2, -0.15) is 11.8 Å². The van der Waals surface area contributed by atoms with Crippen LogP contribution >= 0.6 is 11.8 Å². The number of halogens is 1. The van der Waals surface area contributed by atoms with E-state index in [2.05, 4.69) is 0 Å². The number of benzene rings is 1. The second-order valence-corrected chi connectivity index (χ2v) is 4.77. The summed E-state index contributed by atoms with van der Waals surface area (Å²) in [6, 6.07) is 6.47. The summed E-state index contributed by atoms with van der Waals surface area (Å²) in [6.45, 7) is 0. The number of hydrogen-bond donors (Lipinski definition) is 1. The normalized spacial score (nSPS) is 27.5. The summed E-state index contributed by atoms with van der Waals surface area (Å²) in [5.41, 5.74) is -0.487. The van der Waals surface area contributed by atoms with Gasteiger partial charge in [-0.3, -0.25) is 0 Å². The monoisotopic (exact) mass is 212 g/mol. The van der Waals surface area contributed by atoms with E-state index in [9.17, 15) is 4.39 Å². The molecule has 1 atom stereocenters. The van der Waals surface area contributed by atoms with Gasteiger partial charge in [0.2, 0.25) is 0 Å². The molecule has 0 aromatic heterocycles. The number of hydrogen-bond acceptors (Lipinski definition) is 2. The van der Waals surface area contributed by atoms with E-state index >= 15 is 0 Å². The topological polar surface area (TPSA) is 20.2 Å². The van der Waals surface area contributed by atoms with Gasteiger partial charge < -0.3 is 5.11 Å². The van der Waals surface area contributed by atoms with E-state index in [0.717, 1.165) is 12.2 Å². The molecule has 1 aliphatic heterocycles. The van der Waals surface area contributed by atoms with Crippen LogP contribution in [-0.2, 0) is 5.67 Å². The first-order valence-electron chi connectivity index (χ1n) is 4.77. The zero-order valence-electron chi connectivity index (χ0n) is 7.87. The molecule has 0 aliphatic carbocycles. The van der Waals surface area contributed by atoms with Crippen LogP contribution in [0, 0.1) is 0 Å². The fraction of sp³-hybridized carbons (Fsp3) is 0.455. The molecule has 1 aromatic carbocycles. The Labute approximate surface area is 87.3 Å². The molecule has 1 saturated heterocycles. The number of phenols is 1. The van der Waals surface area contributed by atoms with Crippen molar-refractivity contribution in [2.45, 2.75) is 18.5 Å². The fourth-order valence-electron chi connectivity index (χ4n) is 1.75. The van der Waals surface area contributed by atoms with Crippen molar-refractivity contribution in [1.82, 2.24) is 0 Å². The molecule has 2 rings (SSSR count). The largest absolute Gasteiger partial charge is 0.508 e. The Balaban J connectivity index is 2.23. The number of aromatic hydroxyl groups is 1. The highest BCUT2D eigenvalue weighted by Gasteiger charge is 2.33. The van der Waals surface area contributed by atoms with E-state index in [1.54, 1.807) is 36.0 Å². The van der Waals surface area contributed by atoms with Crippen LogP contribution in [0.25, 0.3) is 0 Å². The number of rotatable bonds is 1. The maximum absolute atomic E-state index is 14.3. The van der Waals surface area contributed by atoms with Gasteiger partial charge in [-0.05, 0) is 36.3 Å². The van der Waals surface area contributed by atoms with Gasteiger partial charge in [-0.1, -0.05) is 12.1 Å².